The molecule has 25 heavy (non-hydrogen) atoms. The highest BCUT2D eigenvalue weighted by Gasteiger charge is 2.10. The summed E-state index contributed by atoms with van der Waals surface area (Å²) >= 11 is 13.4. The molecule has 0 bridgehead atoms. The molecular weight excluding hydrogens is 377 g/mol. The van der Waals surface area contributed by atoms with E-state index in [4.69, 9.17) is 23.2 Å². The molecule has 0 unspecified atom stereocenters. The molecule has 0 atom stereocenters. The average Bonchev–Trinajstić information content (AvgIpc) is 2.97. The number of hydrogen-bond donors (Lipinski definition) is 2. The van der Waals surface area contributed by atoms with Crippen molar-refractivity contribution in [2.24, 2.45) is 0 Å². The van der Waals surface area contributed by atoms with Gasteiger partial charge in [-0.1, -0.05) is 35.3 Å². The van der Waals surface area contributed by atoms with Gasteiger partial charge >= 0.3 is 0 Å². The quantitative estimate of drug-likeness (QED) is 0.587. The van der Waals surface area contributed by atoms with Crippen molar-refractivity contribution < 1.29 is 4.79 Å². The molecule has 0 spiro atoms. The van der Waals surface area contributed by atoms with E-state index in [0.29, 0.717) is 26.6 Å². The van der Waals surface area contributed by atoms with Crippen LogP contribution in [0, 0.1) is 6.92 Å². The van der Waals surface area contributed by atoms with Gasteiger partial charge < -0.3 is 10.6 Å². The van der Waals surface area contributed by atoms with Gasteiger partial charge in [0.2, 0.25) is 5.91 Å². The van der Waals surface area contributed by atoms with Crippen LogP contribution in [0.15, 0.2) is 47.8 Å². The smallest absolute Gasteiger partial charge is 0.230 e. The minimum absolute atomic E-state index is 0.134. The van der Waals surface area contributed by atoms with Gasteiger partial charge in [0.15, 0.2) is 5.13 Å². The van der Waals surface area contributed by atoms with Crippen LogP contribution in [0.1, 0.15) is 11.3 Å². The summed E-state index contributed by atoms with van der Waals surface area (Å²) in [5, 5.41) is 9.85. The van der Waals surface area contributed by atoms with Crippen LogP contribution in [-0.4, -0.2) is 10.9 Å². The van der Waals surface area contributed by atoms with Gasteiger partial charge in [0.05, 0.1) is 12.1 Å². The molecule has 0 aliphatic rings. The van der Waals surface area contributed by atoms with Gasteiger partial charge in [-0.15, -0.1) is 11.3 Å². The minimum Gasteiger partial charge on any atom is -0.331 e. The van der Waals surface area contributed by atoms with Crippen LogP contribution in [0.2, 0.25) is 10.0 Å². The van der Waals surface area contributed by atoms with Crippen molar-refractivity contribution in [3.8, 4) is 0 Å². The van der Waals surface area contributed by atoms with E-state index in [0.717, 1.165) is 11.3 Å². The number of benzene rings is 2. The van der Waals surface area contributed by atoms with Gasteiger partial charge in [0.25, 0.3) is 0 Å². The Morgan fingerprint density at radius 3 is 2.76 bits per heavy atom. The fourth-order valence-electron chi connectivity index (χ4n) is 2.22. The Hall–Kier alpha value is -2.08. The molecule has 1 aromatic heterocycles. The number of hydrogen-bond acceptors (Lipinski definition) is 4. The lowest BCUT2D eigenvalue weighted by Gasteiger charge is -2.08. The Labute approximate surface area is 159 Å². The third-order valence-corrected chi connectivity index (χ3v) is 4.72. The highest BCUT2D eigenvalue weighted by atomic mass is 35.5. The molecule has 0 saturated heterocycles. The molecule has 2 aromatic carbocycles. The number of nitrogens with zero attached hydrogens (tertiary/aromatic N) is 1. The monoisotopic (exact) mass is 391 g/mol. The fraction of sp³-hybridized carbons (Fsp3) is 0.111. The van der Waals surface area contributed by atoms with Gasteiger partial charge in [-0.2, -0.15) is 0 Å². The predicted octanol–water partition coefficient (Wildman–Crippen LogP) is 5.68. The van der Waals surface area contributed by atoms with E-state index in [1.807, 2.05) is 42.6 Å². The number of amides is 1. The van der Waals surface area contributed by atoms with Gasteiger partial charge in [0, 0.05) is 26.8 Å². The number of anilines is 3. The van der Waals surface area contributed by atoms with Crippen LogP contribution < -0.4 is 10.6 Å². The van der Waals surface area contributed by atoms with Crippen LogP contribution >= 0.6 is 34.5 Å². The number of nitrogens with one attached hydrogen (secondary N) is 2. The van der Waals surface area contributed by atoms with Crippen molar-refractivity contribution >= 4 is 57.0 Å². The second kappa shape index (κ2) is 7.87. The maximum absolute atomic E-state index is 12.2. The standard InChI is InChI=1S/C18H15Cl2N3OS/c1-11-5-6-13(20)8-16(11)23-17(24)9-15-10-25-18(22-15)21-14-4-2-3-12(19)7-14/h2-8,10H,9H2,1H3,(H,21,22)(H,23,24). The van der Waals surface area contributed by atoms with Crippen molar-refractivity contribution in [1.82, 2.24) is 4.98 Å². The maximum atomic E-state index is 12.2. The molecule has 1 amide bonds. The van der Waals surface area contributed by atoms with Crippen LogP contribution in [0.25, 0.3) is 0 Å². The Bertz CT molecular complexity index is 911. The molecule has 0 fully saturated rings. The van der Waals surface area contributed by atoms with Crippen LogP contribution in [-0.2, 0) is 11.2 Å². The third kappa shape index (κ3) is 4.95. The summed E-state index contributed by atoms with van der Waals surface area (Å²) in [6, 6.07) is 12.8. The van der Waals surface area contributed by atoms with E-state index in [-0.39, 0.29) is 12.3 Å². The summed E-state index contributed by atoms with van der Waals surface area (Å²) in [5.41, 5.74) is 3.23. The van der Waals surface area contributed by atoms with Gasteiger partial charge in [-0.25, -0.2) is 4.98 Å². The normalized spacial score (nSPS) is 10.5. The summed E-state index contributed by atoms with van der Waals surface area (Å²) in [5.74, 6) is -0.134. The second-order valence-electron chi connectivity index (χ2n) is 5.46. The second-order valence-corrected chi connectivity index (χ2v) is 7.19. The number of rotatable bonds is 5. The molecule has 0 aliphatic heterocycles. The number of carbonyl (C=O) groups is 1. The summed E-state index contributed by atoms with van der Waals surface area (Å²) in [4.78, 5) is 16.7. The summed E-state index contributed by atoms with van der Waals surface area (Å²) in [6.45, 7) is 1.92. The first kappa shape index (κ1) is 17.7. The van der Waals surface area contributed by atoms with Crippen molar-refractivity contribution in [2.45, 2.75) is 13.3 Å². The summed E-state index contributed by atoms with van der Waals surface area (Å²) in [6.07, 6.45) is 0.194. The molecule has 4 nitrogen and oxygen atoms in total. The lowest BCUT2D eigenvalue weighted by molar-refractivity contribution is -0.115. The molecular formula is C18H15Cl2N3OS. The first-order valence-corrected chi connectivity index (χ1v) is 9.16. The molecule has 0 aliphatic carbocycles. The van der Waals surface area contributed by atoms with Crippen LogP contribution in [0.5, 0.6) is 0 Å². The van der Waals surface area contributed by atoms with E-state index in [9.17, 15) is 4.79 Å². The van der Waals surface area contributed by atoms with E-state index >= 15 is 0 Å². The first-order chi connectivity index (χ1) is 12.0. The van der Waals surface area contributed by atoms with Gasteiger partial charge in [-0.05, 0) is 42.8 Å². The molecule has 1 heterocycles. The third-order valence-electron chi connectivity index (χ3n) is 3.44. The Balaban J connectivity index is 1.62. The lowest BCUT2D eigenvalue weighted by Crippen LogP contribution is -2.15. The Kier molecular flexibility index (Phi) is 5.58. The van der Waals surface area contributed by atoms with E-state index in [1.165, 1.54) is 11.3 Å². The zero-order valence-electron chi connectivity index (χ0n) is 13.3. The van der Waals surface area contributed by atoms with Crippen LogP contribution in [0.4, 0.5) is 16.5 Å². The molecule has 3 rings (SSSR count). The predicted molar refractivity (Wildman–Crippen MR) is 105 cm³/mol. The van der Waals surface area contributed by atoms with Gasteiger partial charge in [0.1, 0.15) is 0 Å². The number of aromatic nitrogens is 1. The van der Waals surface area contributed by atoms with E-state index in [2.05, 4.69) is 15.6 Å². The maximum Gasteiger partial charge on any atom is 0.230 e. The van der Waals surface area contributed by atoms with Gasteiger partial charge in [-0.3, -0.25) is 4.79 Å². The van der Waals surface area contributed by atoms with E-state index < -0.39 is 0 Å². The largest absolute Gasteiger partial charge is 0.331 e. The fourth-order valence-corrected chi connectivity index (χ4v) is 3.32. The van der Waals surface area contributed by atoms with Crippen LogP contribution in [0.3, 0.4) is 0 Å². The summed E-state index contributed by atoms with van der Waals surface area (Å²) < 4.78 is 0. The molecule has 0 saturated carbocycles. The number of carbonyl (C=O) groups excluding carboxylic acids is 1. The number of thiazole rings is 1. The highest BCUT2D eigenvalue weighted by molar-refractivity contribution is 7.13. The Morgan fingerprint density at radius 2 is 1.96 bits per heavy atom. The lowest BCUT2D eigenvalue weighted by atomic mass is 10.2. The Morgan fingerprint density at radius 1 is 1.16 bits per heavy atom. The SMILES string of the molecule is Cc1ccc(Cl)cc1NC(=O)Cc1csc(Nc2cccc(Cl)c2)n1. The van der Waals surface area contributed by atoms with Crippen molar-refractivity contribution in [3.05, 3.63) is 69.1 Å². The van der Waals surface area contributed by atoms with Crippen molar-refractivity contribution in [3.63, 3.8) is 0 Å². The topological polar surface area (TPSA) is 54.0 Å². The zero-order chi connectivity index (χ0) is 17.8. The van der Waals surface area contributed by atoms with Crippen molar-refractivity contribution in [1.29, 1.82) is 0 Å². The number of halogens is 2. The van der Waals surface area contributed by atoms with E-state index in [1.54, 1.807) is 12.1 Å². The number of aryl methyl sites for hydroxylation is 1. The first-order valence-electron chi connectivity index (χ1n) is 7.52. The highest BCUT2D eigenvalue weighted by Crippen LogP contribution is 2.24. The molecule has 128 valence electrons. The summed E-state index contributed by atoms with van der Waals surface area (Å²) in [7, 11) is 0. The molecule has 2 N–H and O–H groups in total. The zero-order valence-corrected chi connectivity index (χ0v) is 15.7. The average molecular weight is 392 g/mol. The molecule has 7 heteroatoms. The molecule has 3 aromatic rings. The minimum atomic E-state index is -0.134. The van der Waals surface area contributed by atoms with Crippen molar-refractivity contribution in [2.75, 3.05) is 10.6 Å². The molecule has 0 radical (unpaired) electrons.